The van der Waals surface area contributed by atoms with E-state index in [-0.39, 0.29) is 12.0 Å². The maximum atomic E-state index is 12.2. The summed E-state index contributed by atoms with van der Waals surface area (Å²) in [4.78, 5) is 7.94. The van der Waals surface area contributed by atoms with Crippen molar-refractivity contribution in [2.45, 2.75) is 38.9 Å². The number of alkyl halides is 3. The number of nitrogens with one attached hydrogen (secondary N) is 3. The number of rotatable bonds is 3. The fourth-order valence-electron chi connectivity index (χ4n) is 1.89. The third-order valence-corrected chi connectivity index (χ3v) is 2.73. The van der Waals surface area contributed by atoms with Crippen molar-refractivity contribution in [3.8, 4) is 0 Å². The van der Waals surface area contributed by atoms with Gasteiger partial charge in [-0.3, -0.25) is 4.99 Å². The normalized spacial score (nSPS) is 18.5. The zero-order valence-electron chi connectivity index (χ0n) is 12.3. The third-order valence-electron chi connectivity index (χ3n) is 2.73. The molecule has 1 rings (SSSR count). The molecule has 5 nitrogen and oxygen atoms in total. The van der Waals surface area contributed by atoms with Crippen molar-refractivity contribution in [2.24, 2.45) is 9.98 Å². The highest BCUT2D eigenvalue weighted by atomic mass is 19.4. The summed E-state index contributed by atoms with van der Waals surface area (Å²) in [5, 5.41) is 8.68. The highest BCUT2D eigenvalue weighted by molar-refractivity contribution is 5.99. The number of amidine groups is 1. The second kappa shape index (κ2) is 8.02. The van der Waals surface area contributed by atoms with Gasteiger partial charge in [0, 0.05) is 5.70 Å². The van der Waals surface area contributed by atoms with Crippen LogP contribution in [0.2, 0.25) is 0 Å². The Morgan fingerprint density at radius 1 is 1.24 bits per heavy atom. The van der Waals surface area contributed by atoms with Gasteiger partial charge in [0.15, 0.2) is 0 Å². The zero-order chi connectivity index (χ0) is 15.9. The number of halogens is 3. The summed E-state index contributed by atoms with van der Waals surface area (Å²) in [5.41, 5.74) is 0.498. The minimum Gasteiger partial charge on any atom is -0.331 e. The van der Waals surface area contributed by atoms with Gasteiger partial charge in [-0.1, -0.05) is 6.58 Å². The summed E-state index contributed by atoms with van der Waals surface area (Å²) in [6, 6.07) is 0.187. The standard InChI is InChI=1S/C13H22F3N5/c1-9(2)19-12(18-8-13(14,15)16)21-10(3)20-11-4-6-17-7-5-11/h11,17H,1,4-8H2,2-3H3,(H2,18,19,20,21). The summed E-state index contributed by atoms with van der Waals surface area (Å²) < 4.78 is 36.7. The molecule has 3 N–H and O–H groups in total. The number of guanidine groups is 1. The molecule has 0 spiro atoms. The lowest BCUT2D eigenvalue weighted by Gasteiger charge is -2.20. The van der Waals surface area contributed by atoms with Gasteiger partial charge in [-0.25, -0.2) is 4.99 Å². The number of piperidine rings is 1. The lowest BCUT2D eigenvalue weighted by atomic mass is 10.1. The lowest BCUT2D eigenvalue weighted by molar-refractivity contribution is -0.118. The highest BCUT2D eigenvalue weighted by Crippen LogP contribution is 2.14. The average molecular weight is 305 g/mol. The summed E-state index contributed by atoms with van der Waals surface area (Å²) in [5.74, 6) is 0.548. The van der Waals surface area contributed by atoms with Gasteiger partial charge >= 0.3 is 6.18 Å². The first-order chi connectivity index (χ1) is 9.76. The first-order valence-electron chi connectivity index (χ1n) is 6.82. The van der Waals surface area contributed by atoms with E-state index in [0.717, 1.165) is 25.9 Å². The van der Waals surface area contributed by atoms with Crippen LogP contribution in [0.5, 0.6) is 0 Å². The van der Waals surface area contributed by atoms with Crippen molar-refractivity contribution in [3.63, 3.8) is 0 Å². The van der Waals surface area contributed by atoms with Crippen LogP contribution in [-0.2, 0) is 0 Å². The van der Waals surface area contributed by atoms with Gasteiger partial charge < -0.3 is 16.0 Å². The van der Waals surface area contributed by atoms with Crippen LogP contribution >= 0.6 is 0 Å². The van der Waals surface area contributed by atoms with Crippen LogP contribution in [0.15, 0.2) is 22.3 Å². The van der Waals surface area contributed by atoms with Crippen molar-refractivity contribution in [3.05, 3.63) is 12.3 Å². The van der Waals surface area contributed by atoms with Crippen LogP contribution in [0.25, 0.3) is 0 Å². The molecule has 1 aliphatic rings. The van der Waals surface area contributed by atoms with Gasteiger partial charge in [0.05, 0.1) is 6.04 Å². The molecule has 0 saturated carbocycles. The second-order valence-corrected chi connectivity index (χ2v) is 5.01. The van der Waals surface area contributed by atoms with Crippen molar-refractivity contribution in [1.82, 2.24) is 16.0 Å². The average Bonchev–Trinajstić information content (AvgIpc) is 2.35. The molecule has 0 atom stereocenters. The zero-order valence-corrected chi connectivity index (χ0v) is 12.3. The molecule has 0 aromatic carbocycles. The van der Waals surface area contributed by atoms with E-state index in [1.807, 2.05) is 0 Å². The molecule has 1 heterocycles. The predicted octanol–water partition coefficient (Wildman–Crippen LogP) is 1.79. The Kier molecular flexibility index (Phi) is 6.67. The number of aliphatic imine (C=N–C) groups is 2. The first kappa shape index (κ1) is 17.5. The van der Waals surface area contributed by atoms with E-state index in [1.54, 1.807) is 13.8 Å². The molecule has 1 saturated heterocycles. The van der Waals surface area contributed by atoms with Crippen molar-refractivity contribution in [2.75, 3.05) is 19.6 Å². The van der Waals surface area contributed by atoms with Crippen LogP contribution in [0, 0.1) is 0 Å². The van der Waals surface area contributed by atoms with E-state index >= 15 is 0 Å². The number of hydrogen-bond acceptors (Lipinski definition) is 3. The SMILES string of the molecule is C=C(C)NC(=NCC(F)(F)F)NC(C)=NC1CCNCC1. The molecule has 1 aliphatic heterocycles. The Morgan fingerprint density at radius 3 is 2.38 bits per heavy atom. The molecule has 0 amide bonds. The summed E-state index contributed by atoms with van der Waals surface area (Å²) in [7, 11) is 0. The fraction of sp³-hybridized carbons (Fsp3) is 0.692. The Morgan fingerprint density at radius 2 is 1.86 bits per heavy atom. The lowest BCUT2D eigenvalue weighted by Crippen LogP contribution is -2.40. The highest BCUT2D eigenvalue weighted by Gasteiger charge is 2.26. The molecular weight excluding hydrogens is 283 g/mol. The molecule has 120 valence electrons. The summed E-state index contributed by atoms with van der Waals surface area (Å²) in [6.07, 6.45) is -2.51. The van der Waals surface area contributed by atoms with E-state index in [4.69, 9.17) is 0 Å². The van der Waals surface area contributed by atoms with Gasteiger partial charge in [0.2, 0.25) is 5.96 Å². The molecule has 8 heteroatoms. The van der Waals surface area contributed by atoms with Crippen LogP contribution in [-0.4, -0.2) is 43.6 Å². The van der Waals surface area contributed by atoms with Gasteiger partial charge in [-0.05, 0) is 39.8 Å². The van der Waals surface area contributed by atoms with Crippen LogP contribution < -0.4 is 16.0 Å². The van der Waals surface area contributed by atoms with Crippen LogP contribution in [0.3, 0.4) is 0 Å². The van der Waals surface area contributed by atoms with Crippen molar-refractivity contribution in [1.29, 1.82) is 0 Å². The fourth-order valence-corrected chi connectivity index (χ4v) is 1.89. The molecule has 21 heavy (non-hydrogen) atoms. The molecule has 0 aromatic rings. The van der Waals surface area contributed by atoms with E-state index in [0.29, 0.717) is 11.5 Å². The molecule has 0 aliphatic carbocycles. The number of nitrogens with zero attached hydrogens (tertiary/aromatic N) is 2. The second-order valence-electron chi connectivity index (χ2n) is 5.01. The predicted molar refractivity (Wildman–Crippen MR) is 78.4 cm³/mol. The third kappa shape index (κ3) is 8.34. The largest absolute Gasteiger partial charge is 0.408 e. The van der Waals surface area contributed by atoms with E-state index in [2.05, 4.69) is 32.5 Å². The van der Waals surface area contributed by atoms with Crippen LogP contribution in [0.1, 0.15) is 26.7 Å². The van der Waals surface area contributed by atoms with Gasteiger partial charge in [0.25, 0.3) is 0 Å². The summed E-state index contributed by atoms with van der Waals surface area (Å²) in [6.45, 7) is 7.51. The van der Waals surface area contributed by atoms with Crippen molar-refractivity contribution < 1.29 is 13.2 Å². The van der Waals surface area contributed by atoms with E-state index in [9.17, 15) is 13.2 Å². The molecular formula is C13H22F3N5. The van der Waals surface area contributed by atoms with Gasteiger partial charge in [-0.15, -0.1) is 0 Å². The monoisotopic (exact) mass is 305 g/mol. The number of hydrogen-bond donors (Lipinski definition) is 3. The molecule has 0 aromatic heterocycles. The molecule has 0 bridgehead atoms. The maximum absolute atomic E-state index is 12.2. The summed E-state index contributed by atoms with van der Waals surface area (Å²) >= 11 is 0. The molecule has 0 unspecified atom stereocenters. The topological polar surface area (TPSA) is 60.8 Å². The minimum atomic E-state index is -4.34. The number of allylic oxidation sites excluding steroid dienone is 1. The Labute approximate surface area is 122 Å². The molecule has 0 radical (unpaired) electrons. The van der Waals surface area contributed by atoms with Gasteiger partial charge in [0.1, 0.15) is 12.4 Å². The van der Waals surface area contributed by atoms with E-state index in [1.165, 1.54) is 0 Å². The maximum Gasteiger partial charge on any atom is 0.408 e. The Balaban J connectivity index is 2.65. The smallest absolute Gasteiger partial charge is 0.331 e. The Hall–Kier alpha value is -1.57. The quantitative estimate of drug-likeness (QED) is 0.550. The van der Waals surface area contributed by atoms with Gasteiger partial charge in [-0.2, -0.15) is 13.2 Å². The first-order valence-corrected chi connectivity index (χ1v) is 6.82. The Bertz CT molecular complexity index is 409. The van der Waals surface area contributed by atoms with Crippen molar-refractivity contribution >= 4 is 11.8 Å². The van der Waals surface area contributed by atoms with Crippen LogP contribution in [0.4, 0.5) is 13.2 Å². The minimum absolute atomic E-state index is 0.00927. The molecule has 1 fully saturated rings. The van der Waals surface area contributed by atoms with E-state index < -0.39 is 12.7 Å².